The van der Waals surface area contributed by atoms with Crippen LogP contribution in [-0.2, 0) is 0 Å². The lowest BCUT2D eigenvalue weighted by Crippen LogP contribution is -2.27. The lowest BCUT2D eigenvalue weighted by Gasteiger charge is -2.26. The molecular weight excluding hydrogens is 222 g/mol. The van der Waals surface area contributed by atoms with Crippen LogP contribution in [0.3, 0.4) is 0 Å². The maximum absolute atomic E-state index is 5.87. The molecule has 1 aromatic carbocycles. The van der Waals surface area contributed by atoms with Gasteiger partial charge in [0.25, 0.3) is 0 Å². The molecule has 0 aliphatic rings. The van der Waals surface area contributed by atoms with Crippen LogP contribution in [0.4, 0.5) is 0 Å². The lowest BCUT2D eigenvalue weighted by molar-refractivity contribution is 0.300. The first kappa shape index (κ1) is 15.0. The fraction of sp³-hybridized carbons (Fsp3) is 0.625. The predicted octanol–water partition coefficient (Wildman–Crippen LogP) is 4.17. The molecule has 0 amide bonds. The molecule has 0 aromatic heterocycles. The van der Waals surface area contributed by atoms with Gasteiger partial charge in [0.1, 0.15) is 5.75 Å². The van der Waals surface area contributed by atoms with Crippen molar-refractivity contribution in [3.63, 3.8) is 0 Å². The second-order valence-corrected chi connectivity index (χ2v) is 4.81. The minimum Gasteiger partial charge on any atom is -0.493 e. The third-order valence-electron chi connectivity index (χ3n) is 3.35. The van der Waals surface area contributed by atoms with E-state index in [1.165, 1.54) is 12.0 Å². The fourth-order valence-electron chi connectivity index (χ4n) is 2.15. The standard InChI is InChI=1S/C16H27NO/c1-5-12-18-15-11-9-8-10-14(15)16(17-7-3)13(4)6-2/h8-11,13,16-17H,5-7,12H2,1-4H3. The van der Waals surface area contributed by atoms with Crippen LogP contribution in [0.5, 0.6) is 5.75 Å². The molecule has 0 heterocycles. The molecule has 102 valence electrons. The quantitative estimate of drug-likeness (QED) is 0.746. The van der Waals surface area contributed by atoms with E-state index in [4.69, 9.17) is 4.74 Å². The third kappa shape index (κ3) is 4.02. The highest BCUT2D eigenvalue weighted by Crippen LogP contribution is 2.31. The van der Waals surface area contributed by atoms with Crippen LogP contribution < -0.4 is 10.1 Å². The summed E-state index contributed by atoms with van der Waals surface area (Å²) in [7, 11) is 0. The molecule has 0 saturated heterocycles. The Morgan fingerprint density at radius 1 is 1.17 bits per heavy atom. The predicted molar refractivity (Wildman–Crippen MR) is 78.1 cm³/mol. The lowest BCUT2D eigenvalue weighted by atomic mass is 9.92. The van der Waals surface area contributed by atoms with Crippen molar-refractivity contribution >= 4 is 0 Å². The summed E-state index contributed by atoms with van der Waals surface area (Å²) < 4.78 is 5.87. The van der Waals surface area contributed by atoms with Gasteiger partial charge in [0.15, 0.2) is 0 Å². The van der Waals surface area contributed by atoms with Gasteiger partial charge >= 0.3 is 0 Å². The van der Waals surface area contributed by atoms with Crippen molar-refractivity contribution in [2.24, 2.45) is 5.92 Å². The van der Waals surface area contributed by atoms with Gasteiger partial charge in [-0.15, -0.1) is 0 Å². The monoisotopic (exact) mass is 249 g/mol. The Morgan fingerprint density at radius 2 is 1.89 bits per heavy atom. The molecule has 0 fully saturated rings. The number of benzene rings is 1. The molecule has 18 heavy (non-hydrogen) atoms. The van der Waals surface area contributed by atoms with Crippen LogP contribution in [0, 0.1) is 5.92 Å². The normalized spacial score (nSPS) is 14.2. The van der Waals surface area contributed by atoms with Crippen LogP contribution in [0.15, 0.2) is 24.3 Å². The molecule has 0 radical (unpaired) electrons. The summed E-state index contributed by atoms with van der Waals surface area (Å²) in [4.78, 5) is 0. The van der Waals surface area contributed by atoms with Gasteiger partial charge in [-0.3, -0.25) is 0 Å². The molecule has 2 unspecified atom stereocenters. The molecule has 1 rings (SSSR count). The average Bonchev–Trinajstić information content (AvgIpc) is 2.42. The van der Waals surface area contributed by atoms with Gasteiger partial charge in [-0.05, 0) is 24.9 Å². The van der Waals surface area contributed by atoms with Gasteiger partial charge in [-0.2, -0.15) is 0 Å². The summed E-state index contributed by atoms with van der Waals surface area (Å²) in [5, 5.41) is 3.59. The van der Waals surface area contributed by atoms with Gasteiger partial charge in [0.2, 0.25) is 0 Å². The van der Waals surface area contributed by atoms with Gasteiger partial charge in [-0.1, -0.05) is 52.3 Å². The van der Waals surface area contributed by atoms with Crippen LogP contribution in [0.25, 0.3) is 0 Å². The Kier molecular flexibility index (Phi) is 6.81. The molecule has 0 spiro atoms. The summed E-state index contributed by atoms with van der Waals surface area (Å²) >= 11 is 0. The zero-order chi connectivity index (χ0) is 13.4. The molecule has 0 bridgehead atoms. The van der Waals surface area contributed by atoms with Crippen molar-refractivity contribution in [2.75, 3.05) is 13.2 Å². The van der Waals surface area contributed by atoms with Crippen molar-refractivity contribution in [3.8, 4) is 5.75 Å². The smallest absolute Gasteiger partial charge is 0.124 e. The number of hydrogen-bond acceptors (Lipinski definition) is 2. The van der Waals surface area contributed by atoms with Gasteiger partial charge < -0.3 is 10.1 Å². The van der Waals surface area contributed by atoms with E-state index in [-0.39, 0.29) is 0 Å². The van der Waals surface area contributed by atoms with Crippen molar-refractivity contribution in [1.82, 2.24) is 5.32 Å². The zero-order valence-corrected chi connectivity index (χ0v) is 12.2. The van der Waals surface area contributed by atoms with Gasteiger partial charge in [0, 0.05) is 11.6 Å². The Hall–Kier alpha value is -1.02. The Bertz CT molecular complexity index is 338. The van der Waals surface area contributed by atoms with E-state index in [9.17, 15) is 0 Å². The van der Waals surface area contributed by atoms with E-state index in [1.54, 1.807) is 0 Å². The molecule has 0 aliphatic carbocycles. The first-order chi connectivity index (χ1) is 8.74. The van der Waals surface area contributed by atoms with Crippen LogP contribution in [0.1, 0.15) is 52.1 Å². The molecule has 2 heteroatoms. The molecular formula is C16H27NO. The topological polar surface area (TPSA) is 21.3 Å². The minimum absolute atomic E-state index is 0.382. The van der Waals surface area contributed by atoms with E-state index in [2.05, 4.69) is 51.2 Å². The summed E-state index contributed by atoms with van der Waals surface area (Å²) in [6.07, 6.45) is 2.21. The molecule has 0 saturated carbocycles. The summed E-state index contributed by atoms with van der Waals surface area (Å²) in [6.45, 7) is 10.6. The average molecular weight is 249 g/mol. The van der Waals surface area contributed by atoms with E-state index < -0.39 is 0 Å². The Morgan fingerprint density at radius 3 is 2.50 bits per heavy atom. The summed E-state index contributed by atoms with van der Waals surface area (Å²) in [6, 6.07) is 8.80. The van der Waals surface area contributed by atoms with E-state index >= 15 is 0 Å². The number of rotatable bonds is 8. The first-order valence-electron chi connectivity index (χ1n) is 7.19. The molecule has 1 aromatic rings. The zero-order valence-electron chi connectivity index (χ0n) is 12.2. The maximum atomic E-state index is 5.87. The third-order valence-corrected chi connectivity index (χ3v) is 3.35. The highest BCUT2D eigenvalue weighted by atomic mass is 16.5. The SMILES string of the molecule is CCCOc1ccccc1C(NCC)C(C)CC. The van der Waals surface area contributed by atoms with Crippen LogP contribution in [0.2, 0.25) is 0 Å². The summed E-state index contributed by atoms with van der Waals surface area (Å²) in [5.41, 5.74) is 1.29. The largest absolute Gasteiger partial charge is 0.493 e. The van der Waals surface area contributed by atoms with Gasteiger partial charge in [0.05, 0.1) is 6.61 Å². The van der Waals surface area contributed by atoms with Crippen molar-refractivity contribution in [3.05, 3.63) is 29.8 Å². The highest BCUT2D eigenvalue weighted by Gasteiger charge is 2.20. The highest BCUT2D eigenvalue weighted by molar-refractivity contribution is 5.36. The number of nitrogens with one attached hydrogen (secondary N) is 1. The number of para-hydroxylation sites is 1. The van der Waals surface area contributed by atoms with Crippen molar-refractivity contribution < 1.29 is 4.74 Å². The van der Waals surface area contributed by atoms with E-state index in [0.29, 0.717) is 12.0 Å². The van der Waals surface area contributed by atoms with Crippen LogP contribution >= 0.6 is 0 Å². The Balaban J connectivity index is 2.95. The van der Waals surface area contributed by atoms with E-state index in [1.807, 2.05) is 6.07 Å². The second-order valence-electron chi connectivity index (χ2n) is 4.81. The maximum Gasteiger partial charge on any atom is 0.124 e. The van der Waals surface area contributed by atoms with E-state index in [0.717, 1.165) is 25.3 Å². The molecule has 2 atom stereocenters. The number of hydrogen-bond donors (Lipinski definition) is 1. The molecule has 2 nitrogen and oxygen atoms in total. The first-order valence-corrected chi connectivity index (χ1v) is 7.19. The van der Waals surface area contributed by atoms with Crippen molar-refractivity contribution in [2.45, 2.75) is 46.6 Å². The Labute approximate surface area is 112 Å². The minimum atomic E-state index is 0.382. The second kappa shape index (κ2) is 8.15. The summed E-state index contributed by atoms with van der Waals surface area (Å²) in [5.74, 6) is 1.64. The molecule has 1 N–H and O–H groups in total. The number of ether oxygens (including phenoxy) is 1. The van der Waals surface area contributed by atoms with Crippen LogP contribution in [-0.4, -0.2) is 13.2 Å². The fourth-order valence-corrected chi connectivity index (χ4v) is 2.15. The molecule has 0 aliphatic heterocycles. The van der Waals surface area contributed by atoms with Crippen molar-refractivity contribution in [1.29, 1.82) is 0 Å². The van der Waals surface area contributed by atoms with Gasteiger partial charge in [-0.25, -0.2) is 0 Å².